The van der Waals surface area contributed by atoms with Gasteiger partial charge in [0.1, 0.15) is 0 Å². The first-order chi connectivity index (χ1) is 9.67. The van der Waals surface area contributed by atoms with Crippen molar-refractivity contribution >= 4 is 15.9 Å². The van der Waals surface area contributed by atoms with Crippen LogP contribution in [0.4, 0.5) is 0 Å². The van der Waals surface area contributed by atoms with Gasteiger partial charge in [-0.25, -0.2) is 4.98 Å². The first-order valence-electron chi connectivity index (χ1n) is 6.09. The van der Waals surface area contributed by atoms with Gasteiger partial charge in [0.05, 0.1) is 24.9 Å². The maximum Gasteiger partial charge on any atom is 0.325 e. The average Bonchev–Trinajstić information content (AvgIpc) is 2.49. The number of benzene rings is 1. The normalized spacial score (nSPS) is 10.2. The van der Waals surface area contributed by atoms with E-state index in [2.05, 4.69) is 32.8 Å². The molecule has 2 aromatic rings. The van der Waals surface area contributed by atoms with Crippen LogP contribution >= 0.6 is 15.9 Å². The van der Waals surface area contributed by atoms with E-state index in [1.54, 1.807) is 13.3 Å². The smallest absolute Gasteiger partial charge is 0.325 e. The van der Waals surface area contributed by atoms with Gasteiger partial charge in [0.15, 0.2) is 11.5 Å². The second-order valence-corrected chi connectivity index (χ2v) is 4.80. The first kappa shape index (κ1) is 14.6. The van der Waals surface area contributed by atoms with Gasteiger partial charge in [-0.15, -0.1) is 0 Å². The molecule has 0 unspecified atom stereocenters. The molecule has 0 aliphatic rings. The number of hydrogen-bond donors (Lipinski definition) is 0. The van der Waals surface area contributed by atoms with Crippen LogP contribution in [0.1, 0.15) is 12.5 Å². The molecule has 0 aliphatic carbocycles. The van der Waals surface area contributed by atoms with Gasteiger partial charge >= 0.3 is 6.01 Å². The molecule has 6 heteroatoms. The van der Waals surface area contributed by atoms with E-state index in [9.17, 15) is 0 Å². The third-order valence-corrected chi connectivity index (χ3v) is 3.26. The Balaban J connectivity index is 2.29. The number of hydrogen-bond acceptors (Lipinski definition) is 5. The largest absolute Gasteiger partial charge is 0.493 e. The van der Waals surface area contributed by atoms with Crippen molar-refractivity contribution in [2.75, 3.05) is 14.2 Å². The molecule has 0 aliphatic heterocycles. The Kier molecular flexibility index (Phi) is 4.79. The first-order valence-corrected chi connectivity index (χ1v) is 6.88. The molecule has 20 heavy (non-hydrogen) atoms. The van der Waals surface area contributed by atoms with E-state index in [4.69, 9.17) is 14.2 Å². The molecule has 0 amide bonds. The Morgan fingerprint density at radius 1 is 1.15 bits per heavy atom. The van der Waals surface area contributed by atoms with Gasteiger partial charge in [-0.05, 0) is 40.0 Å². The highest BCUT2D eigenvalue weighted by atomic mass is 79.9. The molecule has 106 valence electrons. The van der Waals surface area contributed by atoms with Crippen molar-refractivity contribution in [3.8, 4) is 23.4 Å². The summed E-state index contributed by atoms with van der Waals surface area (Å²) in [5.41, 5.74) is 1.17. The van der Waals surface area contributed by atoms with E-state index in [1.807, 2.05) is 18.2 Å². The summed E-state index contributed by atoms with van der Waals surface area (Å²) in [5.74, 6) is 1.63. The number of rotatable bonds is 5. The van der Waals surface area contributed by atoms with Crippen LogP contribution in [0.2, 0.25) is 0 Å². The molecule has 0 bridgehead atoms. The zero-order valence-electron chi connectivity index (χ0n) is 11.5. The van der Waals surface area contributed by atoms with Crippen LogP contribution in [-0.4, -0.2) is 24.2 Å². The topological polar surface area (TPSA) is 53.5 Å². The number of aryl methyl sites for hydroxylation is 1. The molecule has 0 radical (unpaired) electrons. The Morgan fingerprint density at radius 2 is 1.95 bits per heavy atom. The van der Waals surface area contributed by atoms with Crippen LogP contribution in [-0.2, 0) is 6.42 Å². The minimum absolute atomic E-state index is 0.201. The van der Waals surface area contributed by atoms with Crippen LogP contribution in [0, 0.1) is 0 Å². The average molecular weight is 339 g/mol. The number of halogens is 1. The minimum Gasteiger partial charge on any atom is -0.493 e. The molecule has 0 spiro atoms. The molecule has 0 saturated heterocycles. The zero-order chi connectivity index (χ0) is 14.5. The van der Waals surface area contributed by atoms with E-state index in [1.165, 1.54) is 12.7 Å². The van der Waals surface area contributed by atoms with Crippen LogP contribution < -0.4 is 14.2 Å². The summed E-state index contributed by atoms with van der Waals surface area (Å²) in [7, 11) is 3.14. The maximum atomic E-state index is 5.65. The second kappa shape index (κ2) is 6.56. The number of methoxy groups -OCH3 is 2. The van der Waals surface area contributed by atoms with E-state index < -0.39 is 0 Å². The molecule has 0 saturated carbocycles. The molecule has 1 aromatic heterocycles. The van der Waals surface area contributed by atoms with Crippen molar-refractivity contribution in [2.24, 2.45) is 0 Å². The van der Waals surface area contributed by atoms with Crippen LogP contribution in [0.3, 0.4) is 0 Å². The SMILES string of the molecule is CCc1ccc(Oc2ncc(Br)c(OC)n2)c(OC)c1. The van der Waals surface area contributed by atoms with E-state index in [0.717, 1.165) is 6.42 Å². The third-order valence-electron chi connectivity index (χ3n) is 2.72. The Labute approximate surface area is 126 Å². The summed E-state index contributed by atoms with van der Waals surface area (Å²) in [4.78, 5) is 8.23. The predicted molar refractivity (Wildman–Crippen MR) is 78.7 cm³/mol. The van der Waals surface area contributed by atoms with E-state index in [0.29, 0.717) is 21.9 Å². The molecule has 0 atom stereocenters. The number of ether oxygens (including phenoxy) is 3. The monoisotopic (exact) mass is 338 g/mol. The molecule has 0 N–H and O–H groups in total. The Morgan fingerprint density at radius 3 is 2.60 bits per heavy atom. The molecule has 1 heterocycles. The van der Waals surface area contributed by atoms with Gasteiger partial charge in [-0.1, -0.05) is 13.0 Å². The van der Waals surface area contributed by atoms with E-state index in [-0.39, 0.29) is 6.01 Å². The zero-order valence-corrected chi connectivity index (χ0v) is 13.1. The molecular weight excluding hydrogens is 324 g/mol. The third kappa shape index (κ3) is 3.19. The molecule has 5 nitrogen and oxygen atoms in total. The summed E-state index contributed by atoms with van der Waals surface area (Å²) < 4.78 is 16.7. The highest BCUT2D eigenvalue weighted by molar-refractivity contribution is 9.10. The number of aromatic nitrogens is 2. The minimum atomic E-state index is 0.201. The van der Waals surface area contributed by atoms with Crippen LogP contribution in [0.25, 0.3) is 0 Å². The highest BCUT2D eigenvalue weighted by Gasteiger charge is 2.11. The highest BCUT2D eigenvalue weighted by Crippen LogP contribution is 2.32. The fraction of sp³-hybridized carbons (Fsp3) is 0.286. The van der Waals surface area contributed by atoms with E-state index >= 15 is 0 Å². The lowest BCUT2D eigenvalue weighted by Crippen LogP contribution is -1.97. The van der Waals surface area contributed by atoms with Gasteiger partial charge in [0, 0.05) is 0 Å². The molecule has 1 aromatic carbocycles. The molecular formula is C14H15BrN2O3. The quantitative estimate of drug-likeness (QED) is 0.833. The Bertz CT molecular complexity index is 605. The summed E-state index contributed by atoms with van der Waals surface area (Å²) in [6.45, 7) is 2.08. The Hall–Kier alpha value is -1.82. The molecule has 0 fully saturated rings. The second-order valence-electron chi connectivity index (χ2n) is 3.95. The predicted octanol–water partition coefficient (Wildman–Crippen LogP) is 3.61. The van der Waals surface area contributed by atoms with Crippen molar-refractivity contribution in [3.63, 3.8) is 0 Å². The van der Waals surface area contributed by atoms with Crippen molar-refractivity contribution in [1.82, 2.24) is 9.97 Å². The van der Waals surface area contributed by atoms with Crippen molar-refractivity contribution in [3.05, 3.63) is 34.4 Å². The van der Waals surface area contributed by atoms with Crippen molar-refractivity contribution in [2.45, 2.75) is 13.3 Å². The molecule has 2 rings (SSSR count). The van der Waals surface area contributed by atoms with Gasteiger partial charge in [-0.3, -0.25) is 0 Å². The lowest BCUT2D eigenvalue weighted by Gasteiger charge is -2.11. The van der Waals surface area contributed by atoms with Gasteiger partial charge in [0.25, 0.3) is 0 Å². The lowest BCUT2D eigenvalue weighted by atomic mass is 10.1. The lowest BCUT2D eigenvalue weighted by molar-refractivity contribution is 0.353. The van der Waals surface area contributed by atoms with Gasteiger partial charge < -0.3 is 14.2 Å². The van der Waals surface area contributed by atoms with Crippen LogP contribution in [0.15, 0.2) is 28.9 Å². The van der Waals surface area contributed by atoms with Gasteiger partial charge in [0.2, 0.25) is 5.88 Å². The fourth-order valence-corrected chi connectivity index (χ4v) is 2.00. The van der Waals surface area contributed by atoms with Crippen molar-refractivity contribution in [1.29, 1.82) is 0 Å². The fourth-order valence-electron chi connectivity index (χ4n) is 1.64. The summed E-state index contributed by atoms with van der Waals surface area (Å²) in [6, 6.07) is 5.96. The summed E-state index contributed by atoms with van der Waals surface area (Å²) in [5, 5.41) is 0. The van der Waals surface area contributed by atoms with Crippen molar-refractivity contribution < 1.29 is 14.2 Å². The summed E-state index contributed by atoms with van der Waals surface area (Å²) in [6.07, 6.45) is 2.51. The summed E-state index contributed by atoms with van der Waals surface area (Å²) >= 11 is 3.29. The number of nitrogens with zero attached hydrogens (tertiary/aromatic N) is 2. The maximum absolute atomic E-state index is 5.65. The van der Waals surface area contributed by atoms with Crippen LogP contribution in [0.5, 0.6) is 23.4 Å². The standard InChI is InChI=1S/C14H15BrN2O3/c1-4-9-5-6-11(12(7-9)18-2)20-14-16-8-10(15)13(17-14)19-3/h5-8H,4H2,1-3H3. The van der Waals surface area contributed by atoms with Gasteiger partial charge in [-0.2, -0.15) is 4.98 Å².